The van der Waals surface area contributed by atoms with Crippen LogP contribution in [-0.2, 0) is 0 Å². The molecule has 1 N–H and O–H groups in total. The molecule has 1 aromatic carbocycles. The number of hydrogen-bond donors (Lipinski definition) is 1. The van der Waals surface area contributed by atoms with E-state index in [0.717, 1.165) is 6.42 Å². The molecule has 2 atom stereocenters. The second-order valence-corrected chi connectivity index (χ2v) is 6.27. The minimum absolute atomic E-state index is 0.254. The van der Waals surface area contributed by atoms with E-state index in [9.17, 15) is 9.90 Å². The first-order chi connectivity index (χ1) is 10.1. The molecule has 3 rings (SSSR count). The van der Waals surface area contributed by atoms with E-state index in [-0.39, 0.29) is 6.04 Å². The summed E-state index contributed by atoms with van der Waals surface area (Å²) in [7, 11) is 0. The van der Waals surface area contributed by atoms with E-state index < -0.39 is 5.97 Å². The summed E-state index contributed by atoms with van der Waals surface area (Å²) in [4.78, 5) is 11.5. The number of carbonyl (C=O) groups is 1. The van der Waals surface area contributed by atoms with Crippen LogP contribution in [0.1, 0.15) is 55.9 Å². The van der Waals surface area contributed by atoms with Crippen molar-refractivity contribution in [3.8, 4) is 0 Å². The molecule has 1 fully saturated rings. The van der Waals surface area contributed by atoms with Crippen LogP contribution in [0.2, 0.25) is 0 Å². The molecule has 0 bridgehead atoms. The summed E-state index contributed by atoms with van der Waals surface area (Å²) in [5.74, 6) is 0.179. The Morgan fingerprint density at radius 3 is 2.81 bits per heavy atom. The maximum atomic E-state index is 11.5. The number of fused-ring (bicyclic) bond motifs is 1. The molecule has 0 amide bonds. The molecule has 1 aliphatic rings. The molecule has 1 aliphatic carbocycles. The zero-order valence-corrected chi connectivity index (χ0v) is 12.5. The molecule has 112 valence electrons. The van der Waals surface area contributed by atoms with Gasteiger partial charge in [0, 0.05) is 0 Å². The van der Waals surface area contributed by atoms with Crippen LogP contribution in [0.4, 0.5) is 0 Å². The smallest absolute Gasteiger partial charge is 0.337 e. The molecule has 0 radical (unpaired) electrons. The fraction of sp³-hybridized carbons (Fsp3) is 0.562. The lowest BCUT2D eigenvalue weighted by atomic mass is 9.78. The average molecular weight is 287 g/mol. The Balaban J connectivity index is 2.13. The molecule has 0 aliphatic heterocycles. The van der Waals surface area contributed by atoms with Crippen molar-refractivity contribution in [2.24, 2.45) is 11.8 Å². The average Bonchev–Trinajstić information content (AvgIpc) is 2.90. The minimum Gasteiger partial charge on any atom is -0.478 e. The molecule has 1 saturated carbocycles. The van der Waals surface area contributed by atoms with E-state index in [0.29, 0.717) is 28.4 Å². The van der Waals surface area contributed by atoms with E-state index >= 15 is 0 Å². The van der Waals surface area contributed by atoms with E-state index in [1.807, 2.05) is 10.7 Å². The van der Waals surface area contributed by atoms with Gasteiger partial charge in [0.2, 0.25) is 0 Å². The molecular formula is C16H21N3O2. The summed E-state index contributed by atoms with van der Waals surface area (Å²) in [6.45, 7) is 4.47. The van der Waals surface area contributed by atoms with Crippen molar-refractivity contribution in [1.82, 2.24) is 15.0 Å². The fourth-order valence-corrected chi connectivity index (χ4v) is 3.62. The Morgan fingerprint density at radius 2 is 2.10 bits per heavy atom. The van der Waals surface area contributed by atoms with E-state index in [4.69, 9.17) is 0 Å². The Hall–Kier alpha value is -1.91. The Labute approximate surface area is 124 Å². The lowest BCUT2D eigenvalue weighted by Gasteiger charge is -2.34. The summed E-state index contributed by atoms with van der Waals surface area (Å²) < 4.78 is 1.88. The van der Waals surface area contributed by atoms with Crippen molar-refractivity contribution in [1.29, 1.82) is 0 Å². The number of aromatic nitrogens is 3. The number of benzene rings is 1. The highest BCUT2D eigenvalue weighted by molar-refractivity contribution is 6.00. The highest BCUT2D eigenvalue weighted by Gasteiger charge is 2.31. The van der Waals surface area contributed by atoms with Crippen molar-refractivity contribution in [2.75, 3.05) is 0 Å². The van der Waals surface area contributed by atoms with Crippen molar-refractivity contribution < 1.29 is 9.90 Å². The summed E-state index contributed by atoms with van der Waals surface area (Å²) in [6, 6.07) is 5.45. The largest absolute Gasteiger partial charge is 0.478 e. The molecule has 1 heterocycles. The van der Waals surface area contributed by atoms with Crippen molar-refractivity contribution in [2.45, 2.75) is 45.6 Å². The third-order valence-corrected chi connectivity index (χ3v) is 4.68. The lowest BCUT2D eigenvalue weighted by Crippen LogP contribution is -2.28. The number of aromatic carboxylic acids is 1. The molecule has 0 saturated heterocycles. The van der Waals surface area contributed by atoms with Gasteiger partial charge in [0.05, 0.1) is 11.6 Å². The van der Waals surface area contributed by atoms with Gasteiger partial charge in [-0.2, -0.15) is 0 Å². The van der Waals surface area contributed by atoms with Gasteiger partial charge in [-0.15, -0.1) is 5.10 Å². The van der Waals surface area contributed by atoms with Crippen molar-refractivity contribution in [3.05, 3.63) is 23.8 Å². The normalized spacial score (nSPS) is 22.8. The first kappa shape index (κ1) is 14.0. The second kappa shape index (κ2) is 5.47. The van der Waals surface area contributed by atoms with Crippen LogP contribution in [0.25, 0.3) is 11.0 Å². The maximum absolute atomic E-state index is 11.5. The number of carboxylic acids is 1. The third kappa shape index (κ3) is 2.41. The third-order valence-electron chi connectivity index (χ3n) is 4.68. The van der Waals surface area contributed by atoms with Gasteiger partial charge in [0.25, 0.3) is 0 Å². The quantitative estimate of drug-likeness (QED) is 0.937. The van der Waals surface area contributed by atoms with Gasteiger partial charge in [-0.25, -0.2) is 9.48 Å². The molecular weight excluding hydrogens is 266 g/mol. The molecule has 5 nitrogen and oxygen atoms in total. The number of hydrogen-bond acceptors (Lipinski definition) is 3. The maximum Gasteiger partial charge on any atom is 0.337 e. The Bertz CT molecular complexity index is 663. The van der Waals surface area contributed by atoms with Crippen LogP contribution in [-0.4, -0.2) is 26.1 Å². The first-order valence-corrected chi connectivity index (χ1v) is 7.67. The van der Waals surface area contributed by atoms with Crippen LogP contribution in [0, 0.1) is 11.8 Å². The molecule has 21 heavy (non-hydrogen) atoms. The highest BCUT2D eigenvalue weighted by atomic mass is 16.4. The van der Waals surface area contributed by atoms with Gasteiger partial charge in [-0.05, 0) is 36.8 Å². The standard InChI is InChI=1S/C16H21N3O2/c1-10(2)11-6-3-4-9-14(11)19-15-12(16(20)21)7-5-8-13(15)17-18-19/h5,7-8,10-11,14H,3-4,6,9H2,1-2H3,(H,20,21). The molecule has 2 unspecified atom stereocenters. The summed E-state index contributed by atoms with van der Waals surface area (Å²) >= 11 is 0. The monoisotopic (exact) mass is 287 g/mol. The van der Waals surface area contributed by atoms with Crippen LogP contribution < -0.4 is 0 Å². The zero-order valence-electron chi connectivity index (χ0n) is 12.5. The van der Waals surface area contributed by atoms with Crippen molar-refractivity contribution in [3.63, 3.8) is 0 Å². The van der Waals surface area contributed by atoms with Gasteiger partial charge >= 0.3 is 5.97 Å². The fourth-order valence-electron chi connectivity index (χ4n) is 3.62. The number of para-hydroxylation sites is 1. The first-order valence-electron chi connectivity index (χ1n) is 7.67. The van der Waals surface area contributed by atoms with Gasteiger partial charge in [-0.3, -0.25) is 0 Å². The van der Waals surface area contributed by atoms with E-state index in [2.05, 4.69) is 24.2 Å². The minimum atomic E-state index is -0.916. The summed E-state index contributed by atoms with van der Waals surface area (Å²) in [5, 5.41) is 17.9. The van der Waals surface area contributed by atoms with Crippen LogP contribution >= 0.6 is 0 Å². The summed E-state index contributed by atoms with van der Waals surface area (Å²) in [5.41, 5.74) is 1.64. The number of rotatable bonds is 3. The lowest BCUT2D eigenvalue weighted by molar-refractivity contribution is 0.0698. The van der Waals surface area contributed by atoms with Crippen molar-refractivity contribution >= 4 is 17.0 Å². The number of carboxylic acid groups (broad SMARTS) is 1. The molecule has 1 aromatic heterocycles. The second-order valence-electron chi connectivity index (χ2n) is 6.27. The van der Waals surface area contributed by atoms with E-state index in [1.165, 1.54) is 19.3 Å². The predicted molar refractivity (Wildman–Crippen MR) is 80.3 cm³/mol. The van der Waals surface area contributed by atoms with Gasteiger partial charge < -0.3 is 5.11 Å². The van der Waals surface area contributed by atoms with E-state index in [1.54, 1.807) is 12.1 Å². The van der Waals surface area contributed by atoms with Gasteiger partial charge in [0.1, 0.15) is 11.0 Å². The molecule has 0 spiro atoms. The van der Waals surface area contributed by atoms with Gasteiger partial charge in [0.15, 0.2) is 0 Å². The zero-order chi connectivity index (χ0) is 15.0. The topological polar surface area (TPSA) is 68.0 Å². The Morgan fingerprint density at radius 1 is 1.33 bits per heavy atom. The van der Waals surface area contributed by atoms with Gasteiger partial charge in [-0.1, -0.05) is 38.0 Å². The molecule has 2 aromatic rings. The summed E-state index contributed by atoms with van der Waals surface area (Å²) in [6.07, 6.45) is 4.65. The Kier molecular flexibility index (Phi) is 3.66. The predicted octanol–water partition coefficient (Wildman–Crippen LogP) is 3.52. The SMILES string of the molecule is CC(C)C1CCCCC1n1nnc2cccc(C(=O)O)c21. The van der Waals surface area contributed by atoms with Crippen LogP contribution in [0.15, 0.2) is 18.2 Å². The molecule has 5 heteroatoms. The number of nitrogens with zero attached hydrogens (tertiary/aromatic N) is 3. The van der Waals surface area contributed by atoms with Crippen LogP contribution in [0.3, 0.4) is 0 Å². The van der Waals surface area contributed by atoms with Crippen LogP contribution in [0.5, 0.6) is 0 Å². The highest BCUT2D eigenvalue weighted by Crippen LogP contribution is 2.39.